The number of esters is 1. The minimum Gasteiger partial charge on any atom is -0.461 e. The number of ether oxygens (including phenoxy) is 1. The second kappa shape index (κ2) is 4.23. The fourth-order valence-corrected chi connectivity index (χ4v) is 1.74. The molecule has 0 aliphatic heterocycles. The summed E-state index contributed by atoms with van der Waals surface area (Å²) in [5.41, 5.74) is 2.19. The molecule has 16 heavy (non-hydrogen) atoms. The Balaban J connectivity index is 2.60. The SMILES string of the molecule is C=Cc1c(C(=O)OCC)[nH]c2ccccc12. The predicted molar refractivity (Wildman–Crippen MR) is 64.3 cm³/mol. The van der Waals surface area contributed by atoms with Crippen LogP contribution in [0.5, 0.6) is 0 Å². The molecule has 0 bridgehead atoms. The number of nitrogens with one attached hydrogen (secondary N) is 1. The minimum absolute atomic E-state index is 0.339. The molecule has 0 saturated heterocycles. The molecule has 2 rings (SSSR count). The van der Waals surface area contributed by atoms with Gasteiger partial charge in [-0.2, -0.15) is 0 Å². The fraction of sp³-hybridized carbons (Fsp3) is 0.154. The summed E-state index contributed by atoms with van der Waals surface area (Å²) in [6.07, 6.45) is 1.67. The van der Waals surface area contributed by atoms with E-state index in [2.05, 4.69) is 11.6 Å². The van der Waals surface area contributed by atoms with E-state index < -0.39 is 0 Å². The second-order valence-corrected chi connectivity index (χ2v) is 3.38. The average Bonchev–Trinajstić information content (AvgIpc) is 2.67. The van der Waals surface area contributed by atoms with Crippen LogP contribution in [0.4, 0.5) is 0 Å². The number of aromatic nitrogens is 1. The Morgan fingerprint density at radius 1 is 1.50 bits per heavy atom. The van der Waals surface area contributed by atoms with E-state index in [0.29, 0.717) is 12.3 Å². The second-order valence-electron chi connectivity index (χ2n) is 3.38. The van der Waals surface area contributed by atoms with Gasteiger partial charge in [-0.15, -0.1) is 0 Å². The number of hydrogen-bond donors (Lipinski definition) is 1. The largest absolute Gasteiger partial charge is 0.461 e. The molecule has 0 aliphatic carbocycles. The van der Waals surface area contributed by atoms with Crippen molar-refractivity contribution < 1.29 is 9.53 Å². The molecule has 1 aromatic heterocycles. The molecule has 0 atom stereocenters. The summed E-state index contributed by atoms with van der Waals surface area (Å²) in [7, 11) is 0. The van der Waals surface area contributed by atoms with Gasteiger partial charge in [-0.3, -0.25) is 0 Å². The summed E-state index contributed by atoms with van der Waals surface area (Å²) in [5, 5.41) is 0.987. The quantitative estimate of drug-likeness (QED) is 0.800. The number of para-hydroxylation sites is 1. The van der Waals surface area contributed by atoms with Gasteiger partial charge in [0, 0.05) is 16.5 Å². The Hall–Kier alpha value is -2.03. The van der Waals surface area contributed by atoms with Gasteiger partial charge < -0.3 is 9.72 Å². The van der Waals surface area contributed by atoms with Crippen LogP contribution in [0.3, 0.4) is 0 Å². The lowest BCUT2D eigenvalue weighted by atomic mass is 10.1. The van der Waals surface area contributed by atoms with Crippen molar-refractivity contribution in [3.8, 4) is 0 Å². The molecule has 0 unspecified atom stereocenters. The highest BCUT2D eigenvalue weighted by Gasteiger charge is 2.15. The van der Waals surface area contributed by atoms with Crippen LogP contribution < -0.4 is 0 Å². The van der Waals surface area contributed by atoms with Gasteiger partial charge in [-0.1, -0.05) is 30.9 Å². The van der Waals surface area contributed by atoms with Crippen molar-refractivity contribution in [2.24, 2.45) is 0 Å². The number of H-pyrrole nitrogens is 1. The van der Waals surface area contributed by atoms with E-state index in [4.69, 9.17) is 4.74 Å². The van der Waals surface area contributed by atoms with Crippen LogP contribution in [-0.4, -0.2) is 17.6 Å². The third-order valence-electron chi connectivity index (χ3n) is 2.43. The van der Waals surface area contributed by atoms with E-state index in [1.165, 1.54) is 0 Å². The van der Waals surface area contributed by atoms with Gasteiger partial charge in [0.25, 0.3) is 0 Å². The molecule has 1 heterocycles. The fourth-order valence-electron chi connectivity index (χ4n) is 1.74. The standard InChI is InChI=1S/C13H13NO2/c1-3-9-10-7-5-6-8-11(10)14-12(9)13(15)16-4-2/h3,5-8,14H,1,4H2,2H3. The summed E-state index contributed by atoms with van der Waals surface area (Å²) in [6.45, 7) is 5.88. The summed E-state index contributed by atoms with van der Waals surface area (Å²) in [4.78, 5) is 14.7. The minimum atomic E-state index is -0.339. The van der Waals surface area contributed by atoms with E-state index in [-0.39, 0.29) is 5.97 Å². The van der Waals surface area contributed by atoms with E-state index >= 15 is 0 Å². The molecule has 0 aliphatic rings. The third kappa shape index (κ3) is 1.60. The lowest BCUT2D eigenvalue weighted by molar-refractivity contribution is 0.0520. The lowest BCUT2D eigenvalue weighted by Crippen LogP contribution is -2.06. The topological polar surface area (TPSA) is 42.1 Å². The molecule has 3 nitrogen and oxygen atoms in total. The number of hydrogen-bond acceptors (Lipinski definition) is 2. The summed E-state index contributed by atoms with van der Waals surface area (Å²) >= 11 is 0. The van der Waals surface area contributed by atoms with Crippen LogP contribution in [0.2, 0.25) is 0 Å². The molecule has 0 fully saturated rings. The van der Waals surface area contributed by atoms with E-state index in [1.807, 2.05) is 24.3 Å². The Morgan fingerprint density at radius 3 is 2.94 bits per heavy atom. The molecule has 0 amide bonds. The van der Waals surface area contributed by atoms with Crippen molar-refractivity contribution in [2.75, 3.05) is 6.61 Å². The van der Waals surface area contributed by atoms with Gasteiger partial charge in [-0.05, 0) is 13.0 Å². The summed E-state index contributed by atoms with van der Waals surface area (Å²) in [6, 6.07) is 7.72. The van der Waals surface area contributed by atoms with Crippen LogP contribution in [0, 0.1) is 0 Å². The molecule has 0 spiro atoms. The number of carbonyl (C=O) groups excluding carboxylic acids is 1. The highest BCUT2D eigenvalue weighted by Crippen LogP contribution is 2.23. The summed E-state index contributed by atoms with van der Waals surface area (Å²) < 4.78 is 4.98. The van der Waals surface area contributed by atoms with E-state index in [0.717, 1.165) is 16.5 Å². The number of benzene rings is 1. The van der Waals surface area contributed by atoms with Crippen LogP contribution in [0.1, 0.15) is 23.0 Å². The maximum atomic E-state index is 11.7. The van der Waals surface area contributed by atoms with Gasteiger partial charge in [0.1, 0.15) is 5.69 Å². The predicted octanol–water partition coefficient (Wildman–Crippen LogP) is 2.99. The van der Waals surface area contributed by atoms with Crippen LogP contribution in [-0.2, 0) is 4.74 Å². The first-order valence-electron chi connectivity index (χ1n) is 5.18. The molecule has 82 valence electrons. The number of rotatable bonds is 3. The van der Waals surface area contributed by atoms with Gasteiger partial charge in [-0.25, -0.2) is 4.79 Å². The van der Waals surface area contributed by atoms with Crippen molar-refractivity contribution in [2.45, 2.75) is 6.92 Å². The first-order chi connectivity index (χ1) is 7.77. The van der Waals surface area contributed by atoms with Gasteiger partial charge in [0.05, 0.1) is 6.61 Å². The maximum Gasteiger partial charge on any atom is 0.355 e. The number of carbonyl (C=O) groups is 1. The van der Waals surface area contributed by atoms with Crippen molar-refractivity contribution in [3.05, 3.63) is 42.1 Å². The molecular formula is C13H13NO2. The molecular weight excluding hydrogens is 202 g/mol. The molecule has 0 radical (unpaired) electrons. The van der Waals surface area contributed by atoms with E-state index in [9.17, 15) is 4.79 Å². The van der Waals surface area contributed by atoms with Crippen LogP contribution >= 0.6 is 0 Å². The molecule has 2 aromatic rings. The molecule has 3 heteroatoms. The number of aromatic amines is 1. The first kappa shape index (κ1) is 10.5. The molecule has 0 saturated carbocycles. The highest BCUT2D eigenvalue weighted by atomic mass is 16.5. The van der Waals surface area contributed by atoms with Crippen LogP contribution in [0.25, 0.3) is 17.0 Å². The third-order valence-corrected chi connectivity index (χ3v) is 2.43. The Morgan fingerprint density at radius 2 is 2.25 bits per heavy atom. The van der Waals surface area contributed by atoms with Crippen molar-refractivity contribution in [3.63, 3.8) is 0 Å². The van der Waals surface area contributed by atoms with Crippen molar-refractivity contribution in [1.82, 2.24) is 4.98 Å². The van der Waals surface area contributed by atoms with E-state index in [1.54, 1.807) is 13.0 Å². The summed E-state index contributed by atoms with van der Waals surface area (Å²) in [5.74, 6) is -0.339. The van der Waals surface area contributed by atoms with Crippen LogP contribution in [0.15, 0.2) is 30.8 Å². The van der Waals surface area contributed by atoms with Gasteiger partial charge in [0.15, 0.2) is 0 Å². The number of fused-ring (bicyclic) bond motifs is 1. The maximum absolute atomic E-state index is 11.7. The monoisotopic (exact) mass is 215 g/mol. The molecule has 1 N–H and O–H groups in total. The zero-order valence-electron chi connectivity index (χ0n) is 9.12. The van der Waals surface area contributed by atoms with Gasteiger partial charge in [0.2, 0.25) is 0 Å². The first-order valence-corrected chi connectivity index (χ1v) is 5.18. The zero-order chi connectivity index (χ0) is 11.5. The average molecular weight is 215 g/mol. The molecule has 1 aromatic carbocycles. The normalized spacial score (nSPS) is 10.3. The smallest absolute Gasteiger partial charge is 0.355 e. The Labute approximate surface area is 93.7 Å². The lowest BCUT2D eigenvalue weighted by Gasteiger charge is -2.00. The Bertz CT molecular complexity index is 540. The van der Waals surface area contributed by atoms with Crippen molar-refractivity contribution in [1.29, 1.82) is 0 Å². The van der Waals surface area contributed by atoms with Crippen molar-refractivity contribution >= 4 is 22.9 Å². The van der Waals surface area contributed by atoms with Gasteiger partial charge >= 0.3 is 5.97 Å². The Kier molecular flexibility index (Phi) is 2.77. The zero-order valence-corrected chi connectivity index (χ0v) is 9.12. The highest BCUT2D eigenvalue weighted by molar-refractivity contribution is 6.02.